The molecule has 6 heteroatoms. The van der Waals surface area contributed by atoms with Crippen LogP contribution in [0.1, 0.15) is 50.0 Å². The molecule has 1 aromatic heterocycles. The van der Waals surface area contributed by atoms with E-state index in [1.54, 1.807) is 6.07 Å². The van der Waals surface area contributed by atoms with Crippen LogP contribution in [0.2, 0.25) is 0 Å². The molecule has 144 valence electrons. The lowest BCUT2D eigenvalue weighted by atomic mass is 9.86. The maximum atomic E-state index is 12.9. The topological polar surface area (TPSA) is 15.3 Å². The van der Waals surface area contributed by atoms with E-state index in [1.807, 2.05) is 13.8 Å². The first-order chi connectivity index (χ1) is 12.5. The van der Waals surface area contributed by atoms with E-state index < -0.39 is 11.7 Å². The second-order valence-electron chi connectivity index (χ2n) is 6.96. The third-order valence-electron chi connectivity index (χ3n) is 5.52. The number of nitrogens with one attached hydrogen (secondary N) is 1. The van der Waals surface area contributed by atoms with Crippen LogP contribution in [0.5, 0.6) is 0 Å². The van der Waals surface area contributed by atoms with Crippen molar-refractivity contribution >= 4 is 21.4 Å². The molecule has 2 aliphatic rings. The molecule has 2 aromatic rings. The first kappa shape index (κ1) is 19.6. The highest BCUT2D eigenvalue weighted by Gasteiger charge is 2.41. The van der Waals surface area contributed by atoms with E-state index in [2.05, 4.69) is 16.3 Å². The highest BCUT2D eigenvalue weighted by molar-refractivity contribution is 7.19. The molecule has 1 aromatic carbocycles. The van der Waals surface area contributed by atoms with Crippen molar-refractivity contribution in [3.05, 3.63) is 34.7 Å². The number of halogens is 3. The van der Waals surface area contributed by atoms with Crippen LogP contribution >= 0.6 is 11.3 Å². The van der Waals surface area contributed by atoms with E-state index in [9.17, 15) is 13.2 Å². The number of benzene rings is 1. The molecule has 2 aliphatic heterocycles. The van der Waals surface area contributed by atoms with Gasteiger partial charge in [-0.05, 0) is 68.9 Å². The van der Waals surface area contributed by atoms with Gasteiger partial charge in [-0.25, -0.2) is 0 Å². The smallest absolute Gasteiger partial charge is 0.317 e. The third kappa shape index (κ3) is 3.92. The first-order valence-corrected chi connectivity index (χ1v) is 10.3. The Kier molecular flexibility index (Phi) is 5.94. The maximum absolute atomic E-state index is 12.9. The van der Waals surface area contributed by atoms with Crippen molar-refractivity contribution in [1.29, 1.82) is 0 Å². The van der Waals surface area contributed by atoms with Crippen LogP contribution < -0.4 is 5.32 Å². The Balaban J connectivity index is 0.000000948. The van der Waals surface area contributed by atoms with Crippen molar-refractivity contribution in [3.63, 3.8) is 0 Å². The normalized spacial score (nSPS) is 20.3. The zero-order valence-corrected chi connectivity index (χ0v) is 16.3. The monoisotopic (exact) mass is 384 g/mol. The fraction of sp³-hybridized carbons (Fsp3) is 0.600. The molecule has 4 rings (SSSR count). The van der Waals surface area contributed by atoms with Crippen molar-refractivity contribution in [2.45, 2.75) is 57.8 Å². The standard InChI is InChI=1S/C18H21F3N2S.C2H6/c19-18(20,21)14-3-2-13-10-15(24-16(13)11-14)12-23-9-1-4-17(23)5-7-22-8-6-17;1-2/h2-3,10-11,22H,1,4-9,12H2;1-2H3. The van der Waals surface area contributed by atoms with E-state index in [0.717, 1.165) is 36.3 Å². The third-order valence-corrected chi connectivity index (χ3v) is 6.60. The predicted octanol–water partition coefficient (Wildman–Crippen LogP) is 5.66. The van der Waals surface area contributed by atoms with Crippen molar-refractivity contribution in [2.24, 2.45) is 0 Å². The summed E-state index contributed by atoms with van der Waals surface area (Å²) in [4.78, 5) is 3.74. The molecule has 1 spiro atoms. The fourth-order valence-corrected chi connectivity index (χ4v) is 5.35. The van der Waals surface area contributed by atoms with Crippen LogP contribution in [-0.4, -0.2) is 30.1 Å². The van der Waals surface area contributed by atoms with E-state index in [0.29, 0.717) is 5.54 Å². The lowest BCUT2D eigenvalue weighted by Crippen LogP contribution is -2.50. The van der Waals surface area contributed by atoms with E-state index in [-0.39, 0.29) is 0 Å². The van der Waals surface area contributed by atoms with Gasteiger partial charge in [-0.2, -0.15) is 13.2 Å². The summed E-state index contributed by atoms with van der Waals surface area (Å²) in [7, 11) is 0. The molecule has 3 heterocycles. The number of rotatable bonds is 2. The van der Waals surface area contributed by atoms with Gasteiger partial charge in [0.2, 0.25) is 0 Å². The summed E-state index contributed by atoms with van der Waals surface area (Å²) in [6.45, 7) is 8.10. The Bertz CT molecular complexity index is 732. The quantitative estimate of drug-likeness (QED) is 0.718. The van der Waals surface area contributed by atoms with Crippen LogP contribution in [0.25, 0.3) is 10.1 Å². The molecule has 0 amide bonds. The Morgan fingerprint density at radius 2 is 1.85 bits per heavy atom. The van der Waals surface area contributed by atoms with Gasteiger partial charge in [-0.3, -0.25) is 4.90 Å². The van der Waals surface area contributed by atoms with E-state index in [1.165, 1.54) is 54.0 Å². The van der Waals surface area contributed by atoms with Crippen molar-refractivity contribution in [2.75, 3.05) is 19.6 Å². The summed E-state index contributed by atoms with van der Waals surface area (Å²) in [5.74, 6) is 0. The number of alkyl halides is 3. The number of nitrogens with zero attached hydrogens (tertiary/aromatic N) is 1. The van der Waals surface area contributed by atoms with Gasteiger partial charge in [-0.1, -0.05) is 19.9 Å². The van der Waals surface area contributed by atoms with Crippen molar-refractivity contribution in [3.8, 4) is 0 Å². The molecule has 0 atom stereocenters. The van der Waals surface area contributed by atoms with Crippen LogP contribution in [0.4, 0.5) is 13.2 Å². The van der Waals surface area contributed by atoms with Crippen LogP contribution in [-0.2, 0) is 12.7 Å². The molecular weight excluding hydrogens is 357 g/mol. The second kappa shape index (κ2) is 7.87. The number of hydrogen-bond acceptors (Lipinski definition) is 3. The number of likely N-dealkylation sites (tertiary alicyclic amines) is 1. The predicted molar refractivity (Wildman–Crippen MR) is 103 cm³/mol. The molecule has 26 heavy (non-hydrogen) atoms. The molecule has 0 bridgehead atoms. The number of hydrogen-bond donors (Lipinski definition) is 1. The van der Waals surface area contributed by atoms with E-state index in [4.69, 9.17) is 0 Å². The molecule has 0 unspecified atom stereocenters. The maximum Gasteiger partial charge on any atom is 0.416 e. The van der Waals surface area contributed by atoms with Crippen molar-refractivity contribution < 1.29 is 13.2 Å². The second-order valence-corrected chi connectivity index (χ2v) is 8.13. The fourth-order valence-electron chi connectivity index (χ4n) is 4.23. The van der Waals surface area contributed by atoms with Crippen molar-refractivity contribution in [1.82, 2.24) is 10.2 Å². The van der Waals surface area contributed by atoms with Gasteiger partial charge in [0.05, 0.1) is 5.56 Å². The highest BCUT2D eigenvalue weighted by Crippen LogP contribution is 2.40. The molecule has 2 saturated heterocycles. The number of thiophene rings is 1. The highest BCUT2D eigenvalue weighted by atomic mass is 32.1. The zero-order chi connectivity index (χ0) is 18.8. The van der Waals surface area contributed by atoms with Crippen LogP contribution in [0.15, 0.2) is 24.3 Å². The van der Waals surface area contributed by atoms with E-state index >= 15 is 0 Å². The first-order valence-electron chi connectivity index (χ1n) is 9.52. The average Bonchev–Trinajstić information content (AvgIpc) is 3.20. The molecule has 2 fully saturated rings. The minimum atomic E-state index is -4.27. The van der Waals surface area contributed by atoms with Crippen LogP contribution in [0.3, 0.4) is 0 Å². The van der Waals surface area contributed by atoms with Gasteiger partial charge in [-0.15, -0.1) is 11.3 Å². The van der Waals surface area contributed by atoms with Gasteiger partial charge < -0.3 is 5.32 Å². The molecule has 0 radical (unpaired) electrons. The molecule has 2 nitrogen and oxygen atoms in total. The Morgan fingerprint density at radius 3 is 2.54 bits per heavy atom. The molecule has 1 N–H and O–H groups in total. The average molecular weight is 385 g/mol. The van der Waals surface area contributed by atoms with Gasteiger partial charge in [0.15, 0.2) is 0 Å². The summed E-state index contributed by atoms with van der Waals surface area (Å²) in [5, 5.41) is 4.35. The van der Waals surface area contributed by atoms with Gasteiger partial charge in [0, 0.05) is 21.7 Å². The summed E-state index contributed by atoms with van der Waals surface area (Å²) in [6.07, 6.45) is 0.555. The largest absolute Gasteiger partial charge is 0.416 e. The summed E-state index contributed by atoms with van der Waals surface area (Å²) in [5.41, 5.74) is -0.252. The zero-order valence-electron chi connectivity index (χ0n) is 15.5. The SMILES string of the molecule is CC.FC(F)(F)c1ccc2cc(CN3CCCC34CCNCC4)sc2c1. The summed E-state index contributed by atoms with van der Waals surface area (Å²) >= 11 is 1.50. The summed E-state index contributed by atoms with van der Waals surface area (Å²) < 4.78 is 39.4. The summed E-state index contributed by atoms with van der Waals surface area (Å²) in [6, 6.07) is 6.13. The minimum absolute atomic E-state index is 0.304. The molecule has 0 saturated carbocycles. The van der Waals surface area contributed by atoms with Gasteiger partial charge in [0.1, 0.15) is 0 Å². The minimum Gasteiger partial charge on any atom is -0.317 e. The Morgan fingerprint density at radius 1 is 1.12 bits per heavy atom. The Labute approximate surface area is 157 Å². The van der Waals surface area contributed by atoms with Gasteiger partial charge >= 0.3 is 6.18 Å². The molecular formula is C20H27F3N2S. The number of fused-ring (bicyclic) bond motifs is 1. The van der Waals surface area contributed by atoms with Gasteiger partial charge in [0.25, 0.3) is 0 Å². The number of piperidine rings is 1. The lowest BCUT2D eigenvalue weighted by Gasteiger charge is -2.41. The van der Waals surface area contributed by atoms with Crippen LogP contribution in [0, 0.1) is 0 Å². The lowest BCUT2D eigenvalue weighted by molar-refractivity contribution is -0.137. The Hall–Kier alpha value is -1.11. The molecule has 0 aliphatic carbocycles.